The van der Waals surface area contributed by atoms with E-state index in [0.29, 0.717) is 5.13 Å². The fraction of sp³-hybridized carbons (Fsp3) is 0.0667. The minimum Gasteiger partial charge on any atom is -0.379 e. The normalized spacial score (nSPS) is 11.5. The van der Waals surface area contributed by atoms with Crippen LogP contribution in [0.15, 0.2) is 113 Å². The van der Waals surface area contributed by atoms with Gasteiger partial charge in [0, 0.05) is 5.56 Å². The molecule has 0 radical (unpaired) electrons. The van der Waals surface area contributed by atoms with Gasteiger partial charge in [-0.05, 0) is 61.4 Å². The van der Waals surface area contributed by atoms with Crippen molar-refractivity contribution in [2.75, 3.05) is 5.43 Å². The molecule has 0 aliphatic rings. The van der Waals surface area contributed by atoms with E-state index in [1.807, 2.05) is 25.1 Å². The van der Waals surface area contributed by atoms with Crippen molar-refractivity contribution in [2.24, 2.45) is 5.10 Å². The van der Waals surface area contributed by atoms with Gasteiger partial charge in [-0.1, -0.05) is 89.2 Å². The lowest BCUT2D eigenvalue weighted by Crippen LogP contribution is -2.09. The number of rotatable bonds is 8. The molecule has 5 aromatic rings. The number of nitrogens with zero attached hydrogens (tertiary/aromatic N) is 2. The molecule has 0 bridgehead atoms. The molecule has 4 aromatic carbocycles. The van der Waals surface area contributed by atoms with E-state index in [2.05, 4.69) is 53.8 Å². The molecule has 0 unspecified atom stereocenters. The molecule has 0 saturated carbocycles. The van der Waals surface area contributed by atoms with Crippen LogP contribution in [0, 0.1) is 13.8 Å². The molecular formula is C30H25N3O3S2. The van der Waals surface area contributed by atoms with Crippen molar-refractivity contribution in [2.45, 2.75) is 18.7 Å². The second-order valence-corrected chi connectivity index (χ2v) is 11.3. The van der Waals surface area contributed by atoms with E-state index in [1.54, 1.807) is 42.6 Å². The van der Waals surface area contributed by atoms with E-state index in [1.165, 1.54) is 29.0 Å². The van der Waals surface area contributed by atoms with Gasteiger partial charge in [-0.3, -0.25) is 5.43 Å². The molecule has 5 rings (SSSR count). The maximum atomic E-state index is 12.5. The summed E-state index contributed by atoms with van der Waals surface area (Å²) in [6.45, 7) is 3.96. The molecule has 8 heteroatoms. The van der Waals surface area contributed by atoms with Crippen molar-refractivity contribution < 1.29 is 12.6 Å². The van der Waals surface area contributed by atoms with E-state index in [4.69, 9.17) is 9.17 Å². The first-order valence-corrected chi connectivity index (χ1v) is 14.1. The van der Waals surface area contributed by atoms with Crippen LogP contribution in [0.1, 0.15) is 16.7 Å². The van der Waals surface area contributed by atoms with Gasteiger partial charge < -0.3 is 4.18 Å². The van der Waals surface area contributed by atoms with Gasteiger partial charge in [0.05, 0.1) is 16.8 Å². The Kier molecular flexibility index (Phi) is 7.35. The van der Waals surface area contributed by atoms with Crippen LogP contribution in [0.4, 0.5) is 5.13 Å². The van der Waals surface area contributed by atoms with Gasteiger partial charge in [-0.15, -0.1) is 0 Å². The van der Waals surface area contributed by atoms with Crippen LogP contribution in [-0.4, -0.2) is 19.6 Å². The zero-order chi connectivity index (χ0) is 26.5. The molecule has 38 heavy (non-hydrogen) atoms. The van der Waals surface area contributed by atoms with Gasteiger partial charge in [-0.2, -0.15) is 13.5 Å². The molecule has 0 saturated heterocycles. The van der Waals surface area contributed by atoms with Crippen LogP contribution in [0.5, 0.6) is 5.75 Å². The molecule has 190 valence electrons. The Labute approximate surface area is 226 Å². The summed E-state index contributed by atoms with van der Waals surface area (Å²) in [5, 5.41) is 5.01. The molecule has 0 fully saturated rings. The standard InChI is InChI=1S/C30H25N3O3S2/c1-21-8-14-24(15-9-21)28-29(25-6-4-3-5-7-25)37-30(32-28)33-31-20-23-12-16-26(17-13-23)36-38(34,35)27-18-10-22(2)11-19-27/h3-20H,1-2H3,(H,32,33)/b31-20-. The number of anilines is 1. The topological polar surface area (TPSA) is 80.7 Å². The summed E-state index contributed by atoms with van der Waals surface area (Å²) in [5.41, 5.74) is 9.00. The Morgan fingerprint density at radius 3 is 2.08 bits per heavy atom. The fourth-order valence-electron chi connectivity index (χ4n) is 3.71. The maximum Gasteiger partial charge on any atom is 0.339 e. The van der Waals surface area contributed by atoms with Crippen LogP contribution in [0.25, 0.3) is 21.7 Å². The lowest BCUT2D eigenvalue weighted by molar-refractivity contribution is 0.486. The van der Waals surface area contributed by atoms with Crippen molar-refractivity contribution in [3.63, 3.8) is 0 Å². The summed E-state index contributed by atoms with van der Waals surface area (Å²) < 4.78 is 30.3. The highest BCUT2D eigenvalue weighted by Crippen LogP contribution is 2.39. The number of aromatic nitrogens is 1. The Morgan fingerprint density at radius 1 is 0.789 bits per heavy atom. The largest absolute Gasteiger partial charge is 0.379 e. The molecule has 0 atom stereocenters. The van der Waals surface area contributed by atoms with Gasteiger partial charge in [-0.25, -0.2) is 4.98 Å². The van der Waals surface area contributed by atoms with Crippen molar-refractivity contribution in [3.05, 3.63) is 120 Å². The number of hydrazone groups is 1. The van der Waals surface area contributed by atoms with Crippen molar-refractivity contribution in [3.8, 4) is 27.4 Å². The number of benzene rings is 4. The van der Waals surface area contributed by atoms with Crippen LogP contribution in [0.2, 0.25) is 0 Å². The van der Waals surface area contributed by atoms with Crippen LogP contribution < -0.4 is 9.61 Å². The SMILES string of the molecule is Cc1ccc(-c2nc(N/N=C\c3ccc(OS(=O)(=O)c4ccc(C)cc4)cc3)sc2-c2ccccc2)cc1. The molecular weight excluding hydrogens is 514 g/mol. The van der Waals surface area contributed by atoms with Crippen molar-refractivity contribution >= 4 is 32.8 Å². The second-order valence-electron chi connectivity index (χ2n) is 8.72. The highest BCUT2D eigenvalue weighted by atomic mass is 32.2. The van der Waals surface area contributed by atoms with E-state index in [0.717, 1.165) is 32.8 Å². The number of nitrogens with one attached hydrogen (secondary N) is 1. The number of thiazole rings is 1. The zero-order valence-corrected chi connectivity index (χ0v) is 22.5. The predicted molar refractivity (Wildman–Crippen MR) is 154 cm³/mol. The van der Waals surface area contributed by atoms with E-state index >= 15 is 0 Å². The molecule has 0 spiro atoms. The second kappa shape index (κ2) is 11.0. The highest BCUT2D eigenvalue weighted by Gasteiger charge is 2.17. The predicted octanol–water partition coefficient (Wildman–Crippen LogP) is 7.31. The Balaban J connectivity index is 1.30. The fourth-order valence-corrected chi connectivity index (χ4v) is 5.58. The molecule has 1 heterocycles. The Bertz CT molecular complexity index is 1660. The minimum atomic E-state index is -3.90. The first kappa shape index (κ1) is 25.4. The van der Waals surface area contributed by atoms with Crippen LogP contribution in [-0.2, 0) is 10.1 Å². The van der Waals surface area contributed by atoms with Crippen LogP contribution >= 0.6 is 11.3 Å². The summed E-state index contributed by atoms with van der Waals surface area (Å²) in [4.78, 5) is 5.98. The maximum absolute atomic E-state index is 12.5. The third-order valence-corrected chi connectivity index (χ3v) is 8.03. The molecule has 0 amide bonds. The van der Waals surface area contributed by atoms with Crippen LogP contribution in [0.3, 0.4) is 0 Å². The monoisotopic (exact) mass is 539 g/mol. The highest BCUT2D eigenvalue weighted by molar-refractivity contribution is 7.87. The molecule has 6 nitrogen and oxygen atoms in total. The molecule has 0 aliphatic heterocycles. The number of hydrogen-bond acceptors (Lipinski definition) is 7. The smallest absolute Gasteiger partial charge is 0.339 e. The van der Waals surface area contributed by atoms with Gasteiger partial charge in [0.25, 0.3) is 0 Å². The van der Waals surface area contributed by atoms with E-state index < -0.39 is 10.1 Å². The summed E-state index contributed by atoms with van der Waals surface area (Å²) in [6.07, 6.45) is 1.65. The van der Waals surface area contributed by atoms with Gasteiger partial charge in [0.1, 0.15) is 10.6 Å². The van der Waals surface area contributed by atoms with Crippen molar-refractivity contribution in [1.82, 2.24) is 4.98 Å². The van der Waals surface area contributed by atoms with Gasteiger partial charge in [0.2, 0.25) is 5.13 Å². The average molecular weight is 540 g/mol. The Morgan fingerprint density at radius 2 is 1.42 bits per heavy atom. The molecule has 0 aliphatic carbocycles. The summed E-state index contributed by atoms with van der Waals surface area (Å²) in [6, 6.07) is 31.7. The quantitative estimate of drug-likeness (QED) is 0.127. The lowest BCUT2D eigenvalue weighted by Gasteiger charge is -2.07. The summed E-state index contributed by atoms with van der Waals surface area (Å²) >= 11 is 1.53. The zero-order valence-electron chi connectivity index (χ0n) is 20.8. The lowest BCUT2D eigenvalue weighted by atomic mass is 10.1. The molecule has 1 aromatic heterocycles. The summed E-state index contributed by atoms with van der Waals surface area (Å²) in [5.74, 6) is 0.228. The molecule has 1 N–H and O–H groups in total. The third-order valence-electron chi connectivity index (χ3n) is 5.76. The average Bonchev–Trinajstić information content (AvgIpc) is 3.35. The van der Waals surface area contributed by atoms with E-state index in [9.17, 15) is 8.42 Å². The van der Waals surface area contributed by atoms with Crippen molar-refractivity contribution in [1.29, 1.82) is 0 Å². The third kappa shape index (κ3) is 5.99. The first-order chi connectivity index (χ1) is 18.4. The first-order valence-electron chi connectivity index (χ1n) is 11.9. The summed E-state index contributed by atoms with van der Waals surface area (Å²) in [7, 11) is -3.90. The van der Waals surface area contributed by atoms with E-state index in [-0.39, 0.29) is 10.6 Å². The van der Waals surface area contributed by atoms with Gasteiger partial charge >= 0.3 is 10.1 Å². The number of aryl methyl sites for hydroxylation is 2. The minimum absolute atomic E-state index is 0.112. The van der Waals surface area contributed by atoms with Gasteiger partial charge in [0.15, 0.2) is 0 Å². The Hall–Kier alpha value is -4.27. The number of hydrogen-bond donors (Lipinski definition) is 1.